The van der Waals surface area contributed by atoms with E-state index in [1.165, 1.54) is 0 Å². The fourth-order valence-corrected chi connectivity index (χ4v) is 2.39. The molecule has 128 valence electrons. The number of ether oxygens (including phenoxy) is 2. The van der Waals surface area contributed by atoms with Gasteiger partial charge in [0.1, 0.15) is 0 Å². The van der Waals surface area contributed by atoms with E-state index >= 15 is 0 Å². The summed E-state index contributed by atoms with van der Waals surface area (Å²) in [7, 11) is 3.10. The molecule has 0 fully saturated rings. The normalized spacial score (nSPS) is 10.4. The fraction of sp³-hybridized carbons (Fsp3) is 0.118. The zero-order valence-corrected chi connectivity index (χ0v) is 15.0. The largest absolute Gasteiger partial charge is 0.493 e. The van der Waals surface area contributed by atoms with Gasteiger partial charge in [0.2, 0.25) is 5.89 Å². The Hall–Kier alpha value is -2.87. The van der Waals surface area contributed by atoms with Gasteiger partial charge in [0, 0.05) is 15.6 Å². The van der Waals surface area contributed by atoms with Crippen molar-refractivity contribution in [1.29, 1.82) is 0 Å². The van der Waals surface area contributed by atoms with Gasteiger partial charge in [-0.2, -0.15) is 0 Å². The van der Waals surface area contributed by atoms with Crippen molar-refractivity contribution in [1.82, 2.24) is 10.2 Å². The average molecular weight is 404 g/mol. The lowest BCUT2D eigenvalue weighted by Crippen LogP contribution is -2.11. The number of benzene rings is 2. The molecule has 7 nitrogen and oxygen atoms in total. The molecule has 1 amide bonds. The van der Waals surface area contributed by atoms with Crippen molar-refractivity contribution in [2.24, 2.45) is 0 Å². The summed E-state index contributed by atoms with van der Waals surface area (Å²) in [5.74, 6) is 1.05. The second kappa shape index (κ2) is 7.35. The maximum absolute atomic E-state index is 12.2. The molecule has 0 saturated carbocycles. The van der Waals surface area contributed by atoms with E-state index < -0.39 is 0 Å². The quantitative estimate of drug-likeness (QED) is 0.697. The van der Waals surface area contributed by atoms with Gasteiger partial charge in [0.15, 0.2) is 11.5 Å². The highest BCUT2D eigenvalue weighted by Gasteiger charge is 2.14. The summed E-state index contributed by atoms with van der Waals surface area (Å²) in [5, 5.41) is 10.4. The highest BCUT2D eigenvalue weighted by molar-refractivity contribution is 9.10. The highest BCUT2D eigenvalue weighted by atomic mass is 79.9. The number of halogens is 1. The predicted molar refractivity (Wildman–Crippen MR) is 94.9 cm³/mol. The van der Waals surface area contributed by atoms with Crippen LogP contribution in [0.25, 0.3) is 11.5 Å². The number of amides is 1. The molecule has 0 bridgehead atoms. The van der Waals surface area contributed by atoms with Gasteiger partial charge in [-0.15, -0.1) is 5.10 Å². The van der Waals surface area contributed by atoms with Crippen molar-refractivity contribution in [3.05, 3.63) is 52.5 Å². The summed E-state index contributed by atoms with van der Waals surface area (Å²) in [5.41, 5.74) is 1.13. The third kappa shape index (κ3) is 3.80. The zero-order chi connectivity index (χ0) is 17.8. The number of rotatable bonds is 5. The molecule has 3 rings (SSSR count). The SMILES string of the molecule is COc1ccc(-c2nnc(NC(=O)c3ccc(Br)cc3)o2)cc1OC. The van der Waals surface area contributed by atoms with Gasteiger partial charge in [-0.3, -0.25) is 10.1 Å². The first kappa shape index (κ1) is 17.0. The Morgan fingerprint density at radius 3 is 2.44 bits per heavy atom. The van der Waals surface area contributed by atoms with Crippen LogP contribution in [0.1, 0.15) is 10.4 Å². The monoisotopic (exact) mass is 403 g/mol. The van der Waals surface area contributed by atoms with Gasteiger partial charge in [-0.1, -0.05) is 21.0 Å². The van der Waals surface area contributed by atoms with Crippen LogP contribution in [0, 0.1) is 0 Å². The summed E-state index contributed by atoms with van der Waals surface area (Å²) in [6.07, 6.45) is 0. The topological polar surface area (TPSA) is 86.5 Å². The molecule has 0 saturated heterocycles. The molecule has 2 aromatic carbocycles. The first-order chi connectivity index (χ1) is 12.1. The van der Waals surface area contributed by atoms with Crippen LogP contribution in [-0.4, -0.2) is 30.3 Å². The lowest BCUT2D eigenvalue weighted by molar-refractivity contribution is 0.102. The van der Waals surface area contributed by atoms with Gasteiger partial charge < -0.3 is 13.9 Å². The Balaban J connectivity index is 1.78. The van der Waals surface area contributed by atoms with Gasteiger partial charge in [0.25, 0.3) is 5.91 Å². The lowest BCUT2D eigenvalue weighted by Gasteiger charge is -2.07. The Labute approximate surface area is 152 Å². The second-order valence-corrected chi connectivity index (χ2v) is 5.86. The molecule has 3 aromatic rings. The van der Waals surface area contributed by atoms with E-state index in [-0.39, 0.29) is 17.8 Å². The summed E-state index contributed by atoms with van der Waals surface area (Å²) in [6, 6.07) is 12.1. The third-order valence-electron chi connectivity index (χ3n) is 3.38. The molecule has 8 heteroatoms. The summed E-state index contributed by atoms with van der Waals surface area (Å²) in [4.78, 5) is 12.2. The van der Waals surface area contributed by atoms with E-state index in [0.717, 1.165) is 4.47 Å². The Bertz CT molecular complexity index is 893. The molecule has 0 aliphatic rings. The van der Waals surface area contributed by atoms with Crippen LogP contribution < -0.4 is 14.8 Å². The molecule has 0 spiro atoms. The van der Waals surface area contributed by atoms with Crippen molar-refractivity contribution < 1.29 is 18.7 Å². The predicted octanol–water partition coefficient (Wildman–Crippen LogP) is 3.77. The standard InChI is InChI=1S/C17H14BrN3O4/c1-23-13-8-5-11(9-14(13)24-2)16-20-21-17(25-16)19-15(22)10-3-6-12(18)7-4-10/h3-9H,1-2H3,(H,19,21,22). The maximum Gasteiger partial charge on any atom is 0.322 e. The van der Waals surface area contributed by atoms with Crippen molar-refractivity contribution in [3.8, 4) is 23.0 Å². The number of methoxy groups -OCH3 is 2. The lowest BCUT2D eigenvalue weighted by atomic mass is 10.2. The number of nitrogens with zero attached hydrogens (tertiary/aromatic N) is 2. The number of hydrogen-bond donors (Lipinski definition) is 1. The van der Waals surface area contributed by atoms with E-state index in [4.69, 9.17) is 13.9 Å². The van der Waals surface area contributed by atoms with E-state index in [9.17, 15) is 4.79 Å². The Morgan fingerprint density at radius 2 is 1.76 bits per heavy atom. The van der Waals surface area contributed by atoms with Crippen molar-refractivity contribution >= 4 is 27.9 Å². The zero-order valence-electron chi connectivity index (χ0n) is 13.4. The molecule has 1 aromatic heterocycles. The number of anilines is 1. The third-order valence-corrected chi connectivity index (χ3v) is 3.91. The van der Waals surface area contributed by atoms with Crippen LogP contribution >= 0.6 is 15.9 Å². The van der Waals surface area contributed by atoms with E-state index in [2.05, 4.69) is 31.4 Å². The Morgan fingerprint density at radius 1 is 1.04 bits per heavy atom. The minimum atomic E-state index is -0.338. The minimum Gasteiger partial charge on any atom is -0.493 e. The first-order valence-electron chi connectivity index (χ1n) is 7.23. The van der Waals surface area contributed by atoms with Gasteiger partial charge in [-0.25, -0.2) is 0 Å². The van der Waals surface area contributed by atoms with Gasteiger partial charge >= 0.3 is 6.01 Å². The van der Waals surface area contributed by atoms with E-state index in [1.807, 2.05) is 0 Å². The van der Waals surface area contributed by atoms with Crippen LogP contribution in [-0.2, 0) is 0 Å². The average Bonchev–Trinajstić information content (AvgIpc) is 3.10. The summed E-state index contributed by atoms with van der Waals surface area (Å²) in [6.45, 7) is 0. The van der Waals surface area contributed by atoms with E-state index in [0.29, 0.717) is 22.6 Å². The molecule has 0 aliphatic heterocycles. The Kier molecular flexibility index (Phi) is 4.99. The molecule has 0 radical (unpaired) electrons. The molecule has 0 aliphatic carbocycles. The highest BCUT2D eigenvalue weighted by Crippen LogP contribution is 2.32. The molecule has 0 atom stereocenters. The molecular weight excluding hydrogens is 390 g/mol. The molecule has 1 N–H and O–H groups in total. The van der Waals surface area contributed by atoms with Crippen molar-refractivity contribution in [2.45, 2.75) is 0 Å². The minimum absolute atomic E-state index is 0.0118. The van der Waals surface area contributed by atoms with Gasteiger partial charge in [0.05, 0.1) is 14.2 Å². The number of carbonyl (C=O) groups excluding carboxylic acids is 1. The number of hydrogen-bond acceptors (Lipinski definition) is 6. The number of aromatic nitrogens is 2. The van der Waals surface area contributed by atoms with Crippen LogP contribution in [0.3, 0.4) is 0 Å². The van der Waals surface area contributed by atoms with Crippen LogP contribution in [0.15, 0.2) is 51.4 Å². The van der Waals surface area contributed by atoms with Crippen molar-refractivity contribution in [3.63, 3.8) is 0 Å². The van der Waals surface area contributed by atoms with Crippen LogP contribution in [0.5, 0.6) is 11.5 Å². The summed E-state index contributed by atoms with van der Waals surface area (Å²) >= 11 is 3.32. The van der Waals surface area contributed by atoms with E-state index in [1.54, 1.807) is 56.7 Å². The second-order valence-electron chi connectivity index (χ2n) is 4.94. The van der Waals surface area contributed by atoms with Gasteiger partial charge in [-0.05, 0) is 42.5 Å². The van der Waals surface area contributed by atoms with Crippen LogP contribution in [0.4, 0.5) is 6.01 Å². The number of nitrogens with one attached hydrogen (secondary N) is 1. The van der Waals surface area contributed by atoms with Crippen LogP contribution in [0.2, 0.25) is 0 Å². The number of carbonyl (C=O) groups is 1. The first-order valence-corrected chi connectivity index (χ1v) is 8.03. The molecular formula is C17H14BrN3O4. The van der Waals surface area contributed by atoms with Crippen molar-refractivity contribution in [2.75, 3.05) is 19.5 Å². The maximum atomic E-state index is 12.2. The molecule has 25 heavy (non-hydrogen) atoms. The fourth-order valence-electron chi connectivity index (χ4n) is 2.13. The summed E-state index contributed by atoms with van der Waals surface area (Å²) < 4.78 is 16.8. The smallest absolute Gasteiger partial charge is 0.322 e. The molecule has 0 unspecified atom stereocenters. The molecule has 1 heterocycles.